The maximum atomic E-state index is 5.86. The first kappa shape index (κ1) is 15.5. The Morgan fingerprint density at radius 1 is 1.45 bits per heavy atom. The van der Waals surface area contributed by atoms with Crippen LogP contribution in [0, 0.1) is 0 Å². The molecule has 0 saturated heterocycles. The summed E-state index contributed by atoms with van der Waals surface area (Å²) in [6, 6.07) is 6.14. The summed E-state index contributed by atoms with van der Waals surface area (Å²) in [6.07, 6.45) is 1.80. The van der Waals surface area contributed by atoms with Crippen LogP contribution in [0.1, 0.15) is 30.1 Å². The van der Waals surface area contributed by atoms with Crippen molar-refractivity contribution in [2.45, 2.75) is 39.3 Å². The molecule has 3 nitrogen and oxygen atoms in total. The third kappa shape index (κ3) is 4.30. The Hall–Kier alpha value is -0.910. The quantitative estimate of drug-likeness (QED) is 0.854. The number of aromatic nitrogens is 1. The van der Waals surface area contributed by atoms with Crippen molar-refractivity contribution < 1.29 is 4.74 Å². The number of hydrogen-bond acceptors (Lipinski definition) is 4. The lowest BCUT2D eigenvalue weighted by atomic mass is 10.1. The fourth-order valence-electron chi connectivity index (χ4n) is 1.88. The molecule has 1 aromatic heterocycles. The van der Waals surface area contributed by atoms with Gasteiger partial charge >= 0.3 is 0 Å². The highest BCUT2D eigenvalue weighted by Crippen LogP contribution is 2.24. The lowest BCUT2D eigenvalue weighted by molar-refractivity contribution is 0.301. The molecule has 0 saturated carbocycles. The largest absolute Gasteiger partial charge is 0.487 e. The smallest absolute Gasteiger partial charge is 0.131 e. The predicted octanol–water partition coefficient (Wildman–Crippen LogP) is 3.94. The average molecular weight is 355 g/mol. The van der Waals surface area contributed by atoms with Crippen LogP contribution < -0.4 is 10.5 Å². The Morgan fingerprint density at radius 3 is 2.90 bits per heavy atom. The summed E-state index contributed by atoms with van der Waals surface area (Å²) in [5, 5.41) is 3.21. The molecule has 0 fully saturated rings. The molecule has 0 bridgehead atoms. The van der Waals surface area contributed by atoms with Gasteiger partial charge in [0.15, 0.2) is 0 Å². The van der Waals surface area contributed by atoms with Crippen molar-refractivity contribution in [2.24, 2.45) is 5.73 Å². The topological polar surface area (TPSA) is 48.1 Å². The van der Waals surface area contributed by atoms with Crippen molar-refractivity contribution in [3.8, 4) is 5.75 Å². The Morgan fingerprint density at radius 2 is 2.25 bits per heavy atom. The summed E-state index contributed by atoms with van der Waals surface area (Å²) in [7, 11) is 0. The number of halogens is 1. The second-order valence-electron chi connectivity index (χ2n) is 4.81. The third-order valence-electron chi connectivity index (χ3n) is 2.85. The van der Waals surface area contributed by atoms with E-state index >= 15 is 0 Å². The summed E-state index contributed by atoms with van der Waals surface area (Å²) >= 11 is 5.23. The molecular weight excluding hydrogens is 336 g/mol. The van der Waals surface area contributed by atoms with Crippen LogP contribution >= 0.6 is 27.3 Å². The normalized spacial score (nSPS) is 12.4. The number of nitrogens with zero attached hydrogens (tertiary/aromatic N) is 1. The minimum Gasteiger partial charge on any atom is -0.487 e. The van der Waals surface area contributed by atoms with Crippen molar-refractivity contribution in [3.05, 3.63) is 44.3 Å². The molecule has 2 rings (SSSR count). The van der Waals surface area contributed by atoms with E-state index in [0.29, 0.717) is 6.61 Å². The van der Waals surface area contributed by atoms with Gasteiger partial charge in [0.25, 0.3) is 0 Å². The number of rotatable bonds is 6. The zero-order chi connectivity index (χ0) is 14.5. The van der Waals surface area contributed by atoms with Crippen LogP contribution in [0.5, 0.6) is 5.75 Å². The van der Waals surface area contributed by atoms with Crippen LogP contribution in [-0.2, 0) is 19.4 Å². The van der Waals surface area contributed by atoms with Crippen molar-refractivity contribution in [2.75, 3.05) is 0 Å². The van der Waals surface area contributed by atoms with Gasteiger partial charge in [-0.3, -0.25) is 0 Å². The maximum Gasteiger partial charge on any atom is 0.131 e. The minimum atomic E-state index is 0.132. The molecule has 2 aromatic rings. The predicted molar refractivity (Wildman–Crippen MR) is 87.3 cm³/mol. The fraction of sp³-hybridized carbons (Fsp3) is 0.400. The molecule has 1 atom stereocenters. The van der Waals surface area contributed by atoms with Gasteiger partial charge < -0.3 is 10.5 Å². The van der Waals surface area contributed by atoms with Crippen LogP contribution in [0.4, 0.5) is 0 Å². The van der Waals surface area contributed by atoms with Crippen molar-refractivity contribution in [1.29, 1.82) is 0 Å². The van der Waals surface area contributed by atoms with Crippen LogP contribution in [0.25, 0.3) is 0 Å². The SMILES string of the molecule is CCc1nc(COc2ccc(Br)c(CC(C)N)c2)cs1. The molecular formula is C15H19BrN2OS. The summed E-state index contributed by atoms with van der Waals surface area (Å²) in [6.45, 7) is 4.62. The average Bonchev–Trinajstić information content (AvgIpc) is 2.87. The Balaban J connectivity index is 2.02. The zero-order valence-corrected chi connectivity index (χ0v) is 14.1. The summed E-state index contributed by atoms with van der Waals surface area (Å²) < 4.78 is 6.88. The standard InChI is InChI=1S/C15H19BrN2OS/c1-3-15-18-12(9-20-15)8-19-13-4-5-14(16)11(7-13)6-10(2)17/h4-5,7,9-10H,3,6,8,17H2,1-2H3. The van der Waals surface area contributed by atoms with E-state index in [-0.39, 0.29) is 6.04 Å². The minimum absolute atomic E-state index is 0.132. The molecule has 0 aliphatic rings. The van der Waals surface area contributed by atoms with Crippen LogP contribution in [-0.4, -0.2) is 11.0 Å². The lowest BCUT2D eigenvalue weighted by Crippen LogP contribution is -2.18. The molecule has 0 aliphatic heterocycles. The first-order chi connectivity index (χ1) is 9.58. The molecule has 5 heteroatoms. The van der Waals surface area contributed by atoms with Gasteiger partial charge in [0.2, 0.25) is 0 Å². The monoisotopic (exact) mass is 354 g/mol. The molecule has 0 aliphatic carbocycles. The fourth-order valence-corrected chi connectivity index (χ4v) is 3.02. The van der Waals surface area contributed by atoms with Crippen molar-refractivity contribution in [1.82, 2.24) is 4.98 Å². The number of thiazole rings is 1. The number of aryl methyl sites for hydroxylation is 1. The van der Waals surface area contributed by atoms with E-state index in [1.54, 1.807) is 11.3 Å². The third-order valence-corrected chi connectivity index (χ3v) is 4.66. The van der Waals surface area contributed by atoms with E-state index in [1.807, 2.05) is 25.1 Å². The van der Waals surface area contributed by atoms with Crippen molar-refractivity contribution in [3.63, 3.8) is 0 Å². The van der Waals surface area contributed by atoms with Gasteiger partial charge in [-0.25, -0.2) is 4.98 Å². The number of ether oxygens (including phenoxy) is 1. The Kier molecular flexibility index (Phi) is 5.57. The van der Waals surface area contributed by atoms with E-state index < -0.39 is 0 Å². The molecule has 0 radical (unpaired) electrons. The number of benzene rings is 1. The Labute approximate surface area is 132 Å². The molecule has 20 heavy (non-hydrogen) atoms. The molecule has 2 N–H and O–H groups in total. The van der Waals surface area contributed by atoms with E-state index in [0.717, 1.165) is 33.8 Å². The van der Waals surface area contributed by atoms with E-state index in [9.17, 15) is 0 Å². The molecule has 108 valence electrons. The maximum absolute atomic E-state index is 5.86. The Bertz CT molecular complexity index is 569. The number of hydrogen-bond donors (Lipinski definition) is 1. The van der Waals surface area contributed by atoms with Crippen LogP contribution in [0.15, 0.2) is 28.1 Å². The molecule has 1 unspecified atom stereocenters. The molecule has 1 aromatic carbocycles. The van der Waals surface area contributed by atoms with Crippen LogP contribution in [0.2, 0.25) is 0 Å². The first-order valence-electron chi connectivity index (χ1n) is 6.68. The summed E-state index contributed by atoms with van der Waals surface area (Å²) in [4.78, 5) is 4.50. The van der Waals surface area contributed by atoms with Crippen molar-refractivity contribution >= 4 is 27.3 Å². The first-order valence-corrected chi connectivity index (χ1v) is 8.35. The van der Waals surface area contributed by atoms with E-state index in [4.69, 9.17) is 10.5 Å². The van der Waals surface area contributed by atoms with Gasteiger partial charge in [-0.2, -0.15) is 0 Å². The van der Waals surface area contributed by atoms with Gasteiger partial charge in [0.1, 0.15) is 12.4 Å². The number of nitrogens with two attached hydrogens (primary N) is 1. The van der Waals surface area contributed by atoms with Gasteiger partial charge in [-0.15, -0.1) is 11.3 Å². The summed E-state index contributed by atoms with van der Waals surface area (Å²) in [5.74, 6) is 0.856. The molecule has 0 amide bonds. The molecule has 0 spiro atoms. The molecule has 1 heterocycles. The summed E-state index contributed by atoms with van der Waals surface area (Å²) in [5.41, 5.74) is 8.02. The lowest BCUT2D eigenvalue weighted by Gasteiger charge is -2.11. The highest BCUT2D eigenvalue weighted by Gasteiger charge is 2.06. The highest BCUT2D eigenvalue weighted by molar-refractivity contribution is 9.10. The van der Waals surface area contributed by atoms with E-state index in [1.165, 1.54) is 5.56 Å². The van der Waals surface area contributed by atoms with Crippen LogP contribution in [0.3, 0.4) is 0 Å². The van der Waals surface area contributed by atoms with Gasteiger partial charge in [-0.1, -0.05) is 22.9 Å². The van der Waals surface area contributed by atoms with Gasteiger partial charge in [0, 0.05) is 15.9 Å². The second kappa shape index (κ2) is 7.20. The van der Waals surface area contributed by atoms with Gasteiger partial charge in [0.05, 0.1) is 10.7 Å². The second-order valence-corrected chi connectivity index (χ2v) is 6.61. The highest BCUT2D eigenvalue weighted by atomic mass is 79.9. The zero-order valence-electron chi connectivity index (χ0n) is 11.7. The van der Waals surface area contributed by atoms with E-state index in [2.05, 4.69) is 33.2 Å². The van der Waals surface area contributed by atoms with Gasteiger partial charge in [-0.05, 0) is 43.5 Å².